The minimum absolute atomic E-state index is 0.0446. The Balaban J connectivity index is 1.22. The van der Waals surface area contributed by atoms with Gasteiger partial charge in [-0.2, -0.15) is 5.10 Å². The molecule has 164 valence electrons. The molecule has 7 nitrogen and oxygen atoms in total. The van der Waals surface area contributed by atoms with Gasteiger partial charge in [0.05, 0.1) is 17.7 Å². The van der Waals surface area contributed by atoms with Crippen molar-refractivity contribution in [3.8, 4) is 0 Å². The summed E-state index contributed by atoms with van der Waals surface area (Å²) < 4.78 is 7.94. The van der Waals surface area contributed by atoms with Gasteiger partial charge in [0.15, 0.2) is 5.16 Å². The maximum atomic E-state index is 13.3. The molecule has 2 aliphatic carbocycles. The van der Waals surface area contributed by atoms with Crippen LogP contribution in [-0.2, 0) is 4.79 Å². The Bertz CT molecular complexity index is 1160. The van der Waals surface area contributed by atoms with E-state index in [0.29, 0.717) is 18.4 Å². The van der Waals surface area contributed by atoms with Gasteiger partial charge < -0.3 is 8.98 Å². The molecule has 3 heterocycles. The lowest BCUT2D eigenvalue weighted by atomic mass is 10.0. The fraction of sp³-hybridized carbons (Fsp3) is 0.417. The van der Waals surface area contributed by atoms with Crippen molar-refractivity contribution in [2.45, 2.75) is 62.2 Å². The molecule has 0 bridgehead atoms. The lowest BCUT2D eigenvalue weighted by molar-refractivity contribution is -0.130. The van der Waals surface area contributed by atoms with Crippen molar-refractivity contribution in [3.05, 3.63) is 65.4 Å². The summed E-state index contributed by atoms with van der Waals surface area (Å²) >= 11 is 1.47. The summed E-state index contributed by atoms with van der Waals surface area (Å²) in [6, 6.07) is 12.3. The molecule has 0 saturated heterocycles. The third-order valence-electron chi connectivity index (χ3n) is 6.29. The molecule has 0 N–H and O–H groups in total. The maximum Gasteiger partial charge on any atom is 0.253 e. The summed E-state index contributed by atoms with van der Waals surface area (Å²) in [6.45, 7) is 2.06. The summed E-state index contributed by atoms with van der Waals surface area (Å²) in [5.41, 5.74) is 3.14. The third-order valence-corrected chi connectivity index (χ3v) is 7.22. The standard InChI is InChI=1S/C24H25N5O2S/c1-15-4-6-16(7-5-15)19-13-20(21-3-2-12-31-21)29(27-19)22(30)14-32-24-26-25-23(17-8-9-17)28(24)18-10-11-18/h2-7,12,17-18,20H,8-11,13-14H2,1H3/t20-/m0/s1. The van der Waals surface area contributed by atoms with E-state index < -0.39 is 0 Å². The van der Waals surface area contributed by atoms with E-state index in [-0.39, 0.29) is 17.7 Å². The molecule has 2 aromatic heterocycles. The zero-order valence-corrected chi connectivity index (χ0v) is 18.8. The Morgan fingerprint density at radius 3 is 2.62 bits per heavy atom. The van der Waals surface area contributed by atoms with Crippen LogP contribution in [0.25, 0.3) is 0 Å². The number of rotatable bonds is 7. The van der Waals surface area contributed by atoms with Gasteiger partial charge in [0, 0.05) is 18.4 Å². The predicted octanol–water partition coefficient (Wildman–Crippen LogP) is 4.86. The van der Waals surface area contributed by atoms with Crippen LogP contribution in [0.4, 0.5) is 0 Å². The molecule has 8 heteroatoms. The number of carbonyl (C=O) groups excluding carboxylic acids is 1. The number of aromatic nitrogens is 3. The molecular formula is C24H25N5O2S. The zero-order chi connectivity index (χ0) is 21.7. The molecule has 0 radical (unpaired) electrons. The van der Waals surface area contributed by atoms with E-state index in [4.69, 9.17) is 9.52 Å². The number of furan rings is 1. The first-order chi connectivity index (χ1) is 15.7. The molecule has 3 aromatic rings. The number of thioether (sulfide) groups is 1. The summed E-state index contributed by atoms with van der Waals surface area (Å²) in [5, 5.41) is 16.1. The van der Waals surface area contributed by atoms with Crippen molar-refractivity contribution < 1.29 is 9.21 Å². The summed E-state index contributed by atoms with van der Waals surface area (Å²) in [7, 11) is 0. The Morgan fingerprint density at radius 2 is 1.94 bits per heavy atom. The zero-order valence-electron chi connectivity index (χ0n) is 18.0. The van der Waals surface area contributed by atoms with Crippen LogP contribution in [0.15, 0.2) is 57.3 Å². The minimum Gasteiger partial charge on any atom is -0.467 e. The highest BCUT2D eigenvalue weighted by Crippen LogP contribution is 2.46. The molecule has 1 amide bonds. The normalized spacial score (nSPS) is 20.6. The third kappa shape index (κ3) is 3.77. The topological polar surface area (TPSA) is 76.5 Å². The van der Waals surface area contributed by atoms with Gasteiger partial charge in [-0.05, 0) is 50.3 Å². The van der Waals surface area contributed by atoms with Crippen LogP contribution in [0.3, 0.4) is 0 Å². The molecule has 1 aromatic carbocycles. The number of hydrazone groups is 1. The fourth-order valence-electron chi connectivity index (χ4n) is 4.24. The van der Waals surface area contributed by atoms with Crippen LogP contribution in [0.5, 0.6) is 0 Å². The fourth-order valence-corrected chi connectivity index (χ4v) is 5.10. The molecule has 32 heavy (non-hydrogen) atoms. The van der Waals surface area contributed by atoms with Crippen molar-refractivity contribution in [3.63, 3.8) is 0 Å². The Kier molecular flexibility index (Phi) is 4.90. The van der Waals surface area contributed by atoms with Crippen LogP contribution < -0.4 is 0 Å². The van der Waals surface area contributed by atoms with E-state index in [0.717, 1.165) is 28.0 Å². The van der Waals surface area contributed by atoms with E-state index >= 15 is 0 Å². The largest absolute Gasteiger partial charge is 0.467 e. The maximum absolute atomic E-state index is 13.3. The number of amides is 1. The molecule has 6 rings (SSSR count). The highest BCUT2D eigenvalue weighted by atomic mass is 32.2. The van der Waals surface area contributed by atoms with Crippen LogP contribution in [0.2, 0.25) is 0 Å². The van der Waals surface area contributed by atoms with Crippen molar-refractivity contribution in [2.75, 3.05) is 5.75 Å². The van der Waals surface area contributed by atoms with E-state index in [9.17, 15) is 4.79 Å². The number of benzene rings is 1. The Morgan fingerprint density at radius 1 is 1.12 bits per heavy atom. The predicted molar refractivity (Wildman–Crippen MR) is 122 cm³/mol. The monoisotopic (exact) mass is 447 g/mol. The molecule has 2 fully saturated rings. The van der Waals surface area contributed by atoms with Gasteiger partial charge in [0.25, 0.3) is 5.91 Å². The number of carbonyl (C=O) groups is 1. The van der Waals surface area contributed by atoms with E-state index in [1.807, 2.05) is 12.1 Å². The van der Waals surface area contributed by atoms with Gasteiger partial charge in [-0.25, -0.2) is 5.01 Å². The Hall–Kier alpha value is -2.87. The molecule has 2 saturated carbocycles. The molecular weight excluding hydrogens is 422 g/mol. The van der Waals surface area contributed by atoms with Crippen molar-refractivity contribution >= 4 is 23.4 Å². The molecule has 0 unspecified atom stereocenters. The minimum atomic E-state index is -0.224. The van der Waals surface area contributed by atoms with Crippen LogP contribution in [0.1, 0.15) is 72.8 Å². The number of aryl methyl sites for hydroxylation is 1. The highest BCUT2D eigenvalue weighted by molar-refractivity contribution is 7.99. The summed E-state index contributed by atoms with van der Waals surface area (Å²) in [5.74, 6) is 2.65. The SMILES string of the molecule is Cc1ccc(C2=NN(C(=O)CSc3nnc(C4CC4)n3C3CC3)[C@H](c3ccco3)C2)cc1. The summed E-state index contributed by atoms with van der Waals surface area (Å²) in [4.78, 5) is 13.3. The summed E-state index contributed by atoms with van der Waals surface area (Å²) in [6.07, 6.45) is 7.03. The van der Waals surface area contributed by atoms with Crippen LogP contribution >= 0.6 is 11.8 Å². The average Bonchev–Trinajstić information content (AvgIpc) is 3.67. The second kappa shape index (κ2) is 7.92. The first kappa shape index (κ1) is 19.8. The van der Waals surface area contributed by atoms with E-state index in [1.165, 1.54) is 43.0 Å². The second-order valence-corrected chi connectivity index (χ2v) is 9.83. The first-order valence-electron chi connectivity index (χ1n) is 11.2. The Labute approximate surface area is 190 Å². The second-order valence-electron chi connectivity index (χ2n) is 8.89. The first-order valence-corrected chi connectivity index (χ1v) is 12.2. The molecule has 1 atom stereocenters. The number of hydrogen-bond donors (Lipinski definition) is 0. The van der Waals surface area contributed by atoms with Crippen molar-refractivity contribution in [1.29, 1.82) is 0 Å². The quantitative estimate of drug-likeness (QED) is 0.483. The molecule has 0 spiro atoms. The molecule has 1 aliphatic heterocycles. The smallest absolute Gasteiger partial charge is 0.253 e. The van der Waals surface area contributed by atoms with Gasteiger partial charge in [0.1, 0.15) is 17.6 Å². The number of nitrogens with zero attached hydrogens (tertiary/aromatic N) is 5. The lowest BCUT2D eigenvalue weighted by Crippen LogP contribution is -2.28. The van der Waals surface area contributed by atoms with Gasteiger partial charge in [-0.1, -0.05) is 41.6 Å². The van der Waals surface area contributed by atoms with Crippen molar-refractivity contribution in [1.82, 2.24) is 19.8 Å². The van der Waals surface area contributed by atoms with E-state index in [2.05, 4.69) is 46.0 Å². The van der Waals surface area contributed by atoms with Crippen LogP contribution in [0, 0.1) is 6.92 Å². The highest BCUT2D eigenvalue weighted by Gasteiger charge is 2.38. The van der Waals surface area contributed by atoms with Crippen molar-refractivity contribution in [2.24, 2.45) is 5.10 Å². The number of hydrogen-bond acceptors (Lipinski definition) is 6. The van der Waals surface area contributed by atoms with Crippen LogP contribution in [-0.4, -0.2) is 37.1 Å². The van der Waals surface area contributed by atoms with Gasteiger partial charge >= 0.3 is 0 Å². The van der Waals surface area contributed by atoms with Gasteiger partial charge in [-0.15, -0.1) is 10.2 Å². The van der Waals surface area contributed by atoms with E-state index in [1.54, 1.807) is 11.3 Å². The van der Waals surface area contributed by atoms with Gasteiger partial charge in [-0.3, -0.25) is 4.79 Å². The average molecular weight is 448 g/mol. The molecule has 3 aliphatic rings. The van der Waals surface area contributed by atoms with Gasteiger partial charge in [0.2, 0.25) is 0 Å². The lowest BCUT2D eigenvalue weighted by Gasteiger charge is -2.19.